The zero-order chi connectivity index (χ0) is 20.0. The van der Waals surface area contributed by atoms with Gasteiger partial charge >= 0.3 is 5.97 Å². The third-order valence-electron chi connectivity index (χ3n) is 4.18. The Hall–Kier alpha value is -3.15. The summed E-state index contributed by atoms with van der Waals surface area (Å²) in [5.41, 5.74) is 2.13. The van der Waals surface area contributed by atoms with E-state index in [1.54, 1.807) is 43.3 Å². The third kappa shape index (κ3) is 5.67. The van der Waals surface area contributed by atoms with Gasteiger partial charge < -0.3 is 15.2 Å². The number of nitrogens with one attached hydrogen (secondary N) is 1. The van der Waals surface area contributed by atoms with E-state index in [-0.39, 0.29) is 12.2 Å². The van der Waals surface area contributed by atoms with Crippen LogP contribution in [0, 0.1) is 6.92 Å². The Bertz CT molecular complexity index is 846. The van der Waals surface area contributed by atoms with Crippen LogP contribution in [0.25, 0.3) is 0 Å². The molecule has 1 amide bonds. The minimum Gasteiger partial charge on any atom is -0.481 e. The average molecular weight is 369 g/mol. The van der Waals surface area contributed by atoms with Gasteiger partial charge in [0.1, 0.15) is 5.75 Å². The molecule has 0 saturated heterocycles. The maximum atomic E-state index is 12.5. The van der Waals surface area contributed by atoms with E-state index in [1.165, 1.54) is 6.92 Å². The van der Waals surface area contributed by atoms with Gasteiger partial charge in [-0.05, 0) is 44.0 Å². The van der Waals surface area contributed by atoms with E-state index in [1.807, 2.05) is 19.1 Å². The lowest BCUT2D eigenvalue weighted by Gasteiger charge is -2.22. The van der Waals surface area contributed by atoms with Gasteiger partial charge in [0.2, 0.25) is 0 Å². The van der Waals surface area contributed by atoms with Crippen LogP contribution in [0.5, 0.6) is 5.75 Å². The highest BCUT2D eigenvalue weighted by Gasteiger charge is 2.23. The Morgan fingerprint density at radius 2 is 1.81 bits per heavy atom. The van der Waals surface area contributed by atoms with E-state index in [4.69, 9.17) is 4.74 Å². The Kier molecular flexibility index (Phi) is 6.71. The highest BCUT2D eigenvalue weighted by atomic mass is 16.5. The fourth-order valence-corrected chi connectivity index (χ4v) is 2.73. The van der Waals surface area contributed by atoms with Crippen LogP contribution in [0.15, 0.2) is 48.5 Å². The highest BCUT2D eigenvalue weighted by molar-refractivity contribution is 5.94. The molecule has 6 heteroatoms. The fraction of sp³-hybridized carbons (Fsp3) is 0.286. The van der Waals surface area contributed by atoms with Crippen LogP contribution in [-0.2, 0) is 9.59 Å². The number of aliphatic carboxylic acids is 1. The zero-order valence-corrected chi connectivity index (χ0v) is 15.6. The first-order valence-corrected chi connectivity index (χ1v) is 8.63. The van der Waals surface area contributed by atoms with Gasteiger partial charge in [0.15, 0.2) is 11.9 Å². The molecule has 2 N–H and O–H groups in total. The SMILES string of the molecule is CC(=O)c1cccc(OC(C)C(=O)NC(CC(=O)O)c2ccccc2C)c1. The molecule has 2 aromatic carbocycles. The molecule has 27 heavy (non-hydrogen) atoms. The van der Waals surface area contributed by atoms with Crippen molar-refractivity contribution in [2.75, 3.05) is 0 Å². The van der Waals surface area contributed by atoms with E-state index in [0.717, 1.165) is 11.1 Å². The second-order valence-electron chi connectivity index (χ2n) is 6.36. The number of rotatable bonds is 8. The molecule has 0 aliphatic rings. The van der Waals surface area contributed by atoms with Crippen molar-refractivity contribution in [2.45, 2.75) is 39.3 Å². The van der Waals surface area contributed by atoms with Crippen molar-refractivity contribution in [1.82, 2.24) is 5.32 Å². The van der Waals surface area contributed by atoms with Crippen molar-refractivity contribution in [3.05, 3.63) is 65.2 Å². The molecule has 0 radical (unpaired) electrons. The summed E-state index contributed by atoms with van der Waals surface area (Å²) in [5, 5.41) is 11.9. The molecule has 0 fully saturated rings. The Morgan fingerprint density at radius 3 is 2.44 bits per heavy atom. The standard InChI is InChI=1S/C21H23NO5/c1-13-7-4-5-10-18(13)19(12-20(24)25)22-21(26)15(3)27-17-9-6-8-16(11-17)14(2)23/h4-11,15,19H,12H2,1-3H3,(H,22,26)(H,24,25). The summed E-state index contributed by atoms with van der Waals surface area (Å²) in [5.74, 6) is -1.14. The van der Waals surface area contributed by atoms with E-state index >= 15 is 0 Å². The monoisotopic (exact) mass is 369 g/mol. The molecule has 0 saturated carbocycles. The molecule has 6 nitrogen and oxygen atoms in total. The molecular weight excluding hydrogens is 346 g/mol. The van der Waals surface area contributed by atoms with Crippen molar-refractivity contribution >= 4 is 17.7 Å². The number of ketones is 1. The molecule has 0 heterocycles. The van der Waals surface area contributed by atoms with Gasteiger partial charge in [-0.3, -0.25) is 14.4 Å². The second-order valence-corrected chi connectivity index (χ2v) is 6.36. The van der Waals surface area contributed by atoms with Crippen molar-refractivity contribution in [3.63, 3.8) is 0 Å². The zero-order valence-electron chi connectivity index (χ0n) is 15.6. The van der Waals surface area contributed by atoms with Crippen molar-refractivity contribution in [3.8, 4) is 5.75 Å². The lowest BCUT2D eigenvalue weighted by molar-refractivity contribution is -0.138. The van der Waals surface area contributed by atoms with Gasteiger partial charge in [-0.25, -0.2) is 0 Å². The van der Waals surface area contributed by atoms with Gasteiger partial charge in [-0.2, -0.15) is 0 Å². The summed E-state index contributed by atoms with van der Waals surface area (Å²) >= 11 is 0. The summed E-state index contributed by atoms with van der Waals surface area (Å²) in [6, 6.07) is 13.2. The number of ether oxygens (including phenoxy) is 1. The number of Topliss-reactive ketones (excluding diaryl/α,β-unsaturated/α-hetero) is 1. The number of carbonyl (C=O) groups excluding carboxylic acids is 2. The van der Waals surface area contributed by atoms with Crippen LogP contribution in [0.2, 0.25) is 0 Å². The molecule has 0 bridgehead atoms. The van der Waals surface area contributed by atoms with Crippen LogP contribution < -0.4 is 10.1 Å². The van der Waals surface area contributed by atoms with Gasteiger partial charge in [0.05, 0.1) is 12.5 Å². The molecule has 2 unspecified atom stereocenters. The number of amides is 1. The van der Waals surface area contributed by atoms with Gasteiger partial charge in [0, 0.05) is 5.56 Å². The molecule has 2 aromatic rings. The number of carboxylic acid groups (broad SMARTS) is 1. The Morgan fingerprint density at radius 1 is 1.11 bits per heavy atom. The van der Waals surface area contributed by atoms with Crippen molar-refractivity contribution in [1.29, 1.82) is 0 Å². The topological polar surface area (TPSA) is 92.7 Å². The lowest BCUT2D eigenvalue weighted by Crippen LogP contribution is -2.39. The molecule has 142 valence electrons. The first-order chi connectivity index (χ1) is 12.8. The number of benzene rings is 2. The number of hydrogen-bond donors (Lipinski definition) is 2. The van der Waals surface area contributed by atoms with E-state index in [0.29, 0.717) is 11.3 Å². The number of carboxylic acids is 1. The summed E-state index contributed by atoms with van der Waals surface area (Å²) in [6.07, 6.45) is -1.09. The van der Waals surface area contributed by atoms with Crippen LogP contribution in [0.1, 0.15) is 47.8 Å². The minimum absolute atomic E-state index is 0.0985. The number of carbonyl (C=O) groups is 3. The predicted molar refractivity (Wildman–Crippen MR) is 101 cm³/mol. The van der Waals surface area contributed by atoms with E-state index in [2.05, 4.69) is 5.32 Å². The Balaban J connectivity index is 2.12. The smallest absolute Gasteiger partial charge is 0.305 e. The lowest BCUT2D eigenvalue weighted by atomic mass is 9.98. The summed E-state index contributed by atoms with van der Waals surface area (Å²) in [4.78, 5) is 35.2. The highest BCUT2D eigenvalue weighted by Crippen LogP contribution is 2.21. The molecule has 0 aliphatic heterocycles. The maximum absolute atomic E-state index is 12.5. The quantitative estimate of drug-likeness (QED) is 0.697. The van der Waals surface area contributed by atoms with Crippen molar-refractivity contribution in [2.24, 2.45) is 0 Å². The minimum atomic E-state index is -1.01. The van der Waals surface area contributed by atoms with Crippen LogP contribution in [0.4, 0.5) is 0 Å². The van der Waals surface area contributed by atoms with Gasteiger partial charge in [0.25, 0.3) is 5.91 Å². The van der Waals surface area contributed by atoms with Gasteiger partial charge in [-0.1, -0.05) is 36.4 Å². The average Bonchev–Trinajstić information content (AvgIpc) is 2.61. The van der Waals surface area contributed by atoms with Crippen LogP contribution >= 0.6 is 0 Å². The molecule has 0 spiro atoms. The predicted octanol–water partition coefficient (Wildman–Crippen LogP) is 3.30. The summed E-state index contributed by atoms with van der Waals surface area (Å²) in [7, 11) is 0. The molecule has 0 aliphatic carbocycles. The van der Waals surface area contributed by atoms with E-state index < -0.39 is 24.0 Å². The normalized spacial score (nSPS) is 12.7. The first kappa shape index (κ1) is 20.2. The van der Waals surface area contributed by atoms with Gasteiger partial charge in [-0.15, -0.1) is 0 Å². The maximum Gasteiger partial charge on any atom is 0.305 e. The first-order valence-electron chi connectivity index (χ1n) is 8.63. The summed E-state index contributed by atoms with van der Waals surface area (Å²) in [6.45, 7) is 4.89. The second kappa shape index (κ2) is 8.98. The Labute approximate surface area is 158 Å². The molecule has 0 aromatic heterocycles. The largest absolute Gasteiger partial charge is 0.481 e. The van der Waals surface area contributed by atoms with Crippen LogP contribution in [0.3, 0.4) is 0 Å². The number of aryl methyl sites for hydroxylation is 1. The number of hydrogen-bond acceptors (Lipinski definition) is 4. The third-order valence-corrected chi connectivity index (χ3v) is 4.18. The molecule has 2 rings (SSSR count). The molecule has 2 atom stereocenters. The fourth-order valence-electron chi connectivity index (χ4n) is 2.73. The van der Waals surface area contributed by atoms with Crippen LogP contribution in [-0.4, -0.2) is 28.9 Å². The van der Waals surface area contributed by atoms with E-state index in [9.17, 15) is 19.5 Å². The van der Waals surface area contributed by atoms with Crippen molar-refractivity contribution < 1.29 is 24.2 Å². The molecular formula is C21H23NO5. The summed E-state index contributed by atoms with van der Waals surface area (Å²) < 4.78 is 5.63.